The third kappa shape index (κ3) is 3.96. The number of nitrogens with one attached hydrogen (secondary N) is 1. The molecule has 1 aliphatic rings. The first kappa shape index (κ1) is 21.2. The lowest BCUT2D eigenvalue weighted by Gasteiger charge is -2.36. The minimum absolute atomic E-state index is 0.155. The van der Waals surface area contributed by atoms with Crippen molar-refractivity contribution in [2.24, 2.45) is 0 Å². The van der Waals surface area contributed by atoms with Crippen LogP contribution in [0, 0.1) is 13.8 Å². The zero-order valence-corrected chi connectivity index (χ0v) is 19.2. The van der Waals surface area contributed by atoms with Crippen molar-refractivity contribution < 1.29 is 0 Å². The number of aromatic nitrogens is 3. The zero-order valence-electron chi connectivity index (χ0n) is 19.2. The molecule has 3 aromatic heterocycles. The molecule has 0 amide bonds. The maximum Gasteiger partial charge on any atom is 0.257 e. The molecule has 168 valence electrons. The number of hydrogen-bond donors (Lipinski definition) is 2. The van der Waals surface area contributed by atoms with Gasteiger partial charge >= 0.3 is 0 Å². The molecule has 4 heterocycles. The summed E-state index contributed by atoms with van der Waals surface area (Å²) >= 11 is 0. The van der Waals surface area contributed by atoms with Crippen LogP contribution < -0.4 is 16.2 Å². The summed E-state index contributed by atoms with van der Waals surface area (Å²) in [5.41, 5.74) is 13.5. The Labute approximate surface area is 192 Å². The Bertz CT molecular complexity index is 1380. The monoisotopic (exact) mass is 440 g/mol. The molecule has 0 spiro atoms. The molecule has 1 fully saturated rings. The Hall–Kier alpha value is -3.71. The number of aryl methyl sites for hydroxylation is 2. The molecular weight excluding hydrogens is 412 g/mol. The van der Waals surface area contributed by atoms with Crippen molar-refractivity contribution >= 4 is 22.3 Å². The van der Waals surface area contributed by atoms with E-state index in [-0.39, 0.29) is 5.56 Å². The SMILES string of the molecule is Cc1cc(-c2cnc(N)c(-c3cc4cc[nH]c(=O)c4cn3)c2)cc(C)c1N1CCN(C)CC1. The molecule has 0 saturated carbocycles. The highest BCUT2D eigenvalue weighted by molar-refractivity contribution is 5.87. The molecule has 7 heteroatoms. The van der Waals surface area contributed by atoms with Crippen molar-refractivity contribution in [3.8, 4) is 22.4 Å². The summed E-state index contributed by atoms with van der Waals surface area (Å²) in [5.74, 6) is 0.415. The molecule has 0 atom stereocenters. The molecule has 33 heavy (non-hydrogen) atoms. The van der Waals surface area contributed by atoms with Gasteiger partial charge in [-0.1, -0.05) is 0 Å². The summed E-state index contributed by atoms with van der Waals surface area (Å²) in [6, 6.07) is 10.2. The third-order valence-electron chi connectivity index (χ3n) is 6.50. The number of likely N-dealkylation sites (N-methyl/N-ethyl adjacent to an activating group) is 1. The summed E-state index contributed by atoms with van der Waals surface area (Å²) in [7, 11) is 2.17. The minimum atomic E-state index is -0.155. The van der Waals surface area contributed by atoms with Crippen molar-refractivity contribution in [3.63, 3.8) is 0 Å². The van der Waals surface area contributed by atoms with Gasteiger partial charge in [-0.3, -0.25) is 9.78 Å². The standard InChI is InChI=1S/C26H28N6O/c1-16-10-19(11-17(2)24(16)32-8-6-31(3)7-9-32)20-12-21(25(27)30-14-20)23-13-18-4-5-28-26(33)22(18)15-29-23/h4-5,10-15H,6-9H2,1-3H3,(H2,27,30)(H,28,33). The summed E-state index contributed by atoms with van der Waals surface area (Å²) in [5, 5.41) is 1.37. The number of piperazine rings is 1. The van der Waals surface area contributed by atoms with Gasteiger partial charge in [0.25, 0.3) is 5.56 Å². The van der Waals surface area contributed by atoms with Crippen LogP contribution in [0.15, 0.2) is 53.7 Å². The summed E-state index contributed by atoms with van der Waals surface area (Å²) in [6.07, 6.45) is 5.04. The van der Waals surface area contributed by atoms with Crippen LogP contribution in [0.3, 0.4) is 0 Å². The molecule has 5 rings (SSSR count). The quantitative estimate of drug-likeness (QED) is 0.506. The van der Waals surface area contributed by atoms with Gasteiger partial charge in [-0.05, 0) is 73.3 Å². The lowest BCUT2D eigenvalue weighted by Crippen LogP contribution is -2.45. The van der Waals surface area contributed by atoms with Crippen LogP contribution in [-0.2, 0) is 0 Å². The molecule has 3 N–H and O–H groups in total. The first-order valence-electron chi connectivity index (χ1n) is 11.2. The minimum Gasteiger partial charge on any atom is -0.383 e. The van der Waals surface area contributed by atoms with Crippen molar-refractivity contribution in [1.82, 2.24) is 19.9 Å². The number of benzene rings is 1. The lowest BCUT2D eigenvalue weighted by molar-refractivity contribution is 0.312. The van der Waals surface area contributed by atoms with Crippen molar-refractivity contribution in [3.05, 3.63) is 70.4 Å². The molecule has 4 aromatic rings. The van der Waals surface area contributed by atoms with Gasteiger partial charge < -0.3 is 20.5 Å². The van der Waals surface area contributed by atoms with Crippen LogP contribution in [0.2, 0.25) is 0 Å². The summed E-state index contributed by atoms with van der Waals surface area (Å²) in [6.45, 7) is 8.60. The second-order valence-electron chi connectivity index (χ2n) is 8.87. The fraction of sp³-hybridized carbons (Fsp3) is 0.269. The predicted molar refractivity (Wildman–Crippen MR) is 135 cm³/mol. The number of anilines is 2. The number of nitrogen functional groups attached to an aromatic ring is 1. The van der Waals surface area contributed by atoms with Gasteiger partial charge in [-0.25, -0.2) is 4.98 Å². The molecule has 1 aliphatic heterocycles. The number of fused-ring (bicyclic) bond motifs is 1. The van der Waals surface area contributed by atoms with Crippen molar-refractivity contribution in [1.29, 1.82) is 0 Å². The molecular formula is C26H28N6O. The Balaban J connectivity index is 1.54. The van der Waals surface area contributed by atoms with E-state index in [9.17, 15) is 4.79 Å². The number of hydrogen-bond acceptors (Lipinski definition) is 6. The van der Waals surface area contributed by atoms with Gasteiger partial charge in [0.2, 0.25) is 0 Å². The van der Waals surface area contributed by atoms with E-state index in [1.165, 1.54) is 16.8 Å². The van der Waals surface area contributed by atoms with E-state index in [0.29, 0.717) is 16.9 Å². The highest BCUT2D eigenvalue weighted by Gasteiger charge is 2.19. The average molecular weight is 441 g/mol. The second-order valence-corrected chi connectivity index (χ2v) is 8.87. The number of nitrogens with zero attached hydrogens (tertiary/aromatic N) is 4. The van der Waals surface area contributed by atoms with E-state index in [1.54, 1.807) is 12.4 Å². The number of rotatable bonds is 3. The Morgan fingerprint density at radius 1 is 0.939 bits per heavy atom. The van der Waals surface area contributed by atoms with Crippen LogP contribution in [-0.4, -0.2) is 53.1 Å². The van der Waals surface area contributed by atoms with E-state index < -0.39 is 0 Å². The highest BCUT2D eigenvalue weighted by atomic mass is 16.1. The molecule has 0 radical (unpaired) electrons. The van der Waals surface area contributed by atoms with E-state index in [1.807, 2.05) is 24.4 Å². The molecule has 1 saturated heterocycles. The van der Waals surface area contributed by atoms with Gasteiger partial charge in [0, 0.05) is 61.6 Å². The van der Waals surface area contributed by atoms with E-state index in [0.717, 1.165) is 48.3 Å². The van der Waals surface area contributed by atoms with E-state index >= 15 is 0 Å². The molecule has 7 nitrogen and oxygen atoms in total. The number of H-pyrrole nitrogens is 1. The van der Waals surface area contributed by atoms with Gasteiger partial charge in [0.15, 0.2) is 0 Å². The maximum atomic E-state index is 12.0. The predicted octanol–water partition coefficient (Wildman–Crippen LogP) is 3.60. The van der Waals surface area contributed by atoms with Gasteiger partial charge in [-0.2, -0.15) is 0 Å². The lowest BCUT2D eigenvalue weighted by atomic mass is 9.97. The maximum absolute atomic E-state index is 12.0. The first-order chi connectivity index (χ1) is 15.9. The largest absolute Gasteiger partial charge is 0.383 e. The van der Waals surface area contributed by atoms with Crippen molar-refractivity contribution in [2.45, 2.75) is 13.8 Å². The van der Waals surface area contributed by atoms with Crippen LogP contribution >= 0.6 is 0 Å². The molecule has 0 aliphatic carbocycles. The van der Waals surface area contributed by atoms with E-state index in [2.05, 4.69) is 57.8 Å². The Morgan fingerprint density at radius 3 is 2.39 bits per heavy atom. The highest BCUT2D eigenvalue weighted by Crippen LogP contribution is 2.34. The van der Waals surface area contributed by atoms with Gasteiger partial charge in [0.1, 0.15) is 5.82 Å². The van der Waals surface area contributed by atoms with Crippen molar-refractivity contribution in [2.75, 3.05) is 43.9 Å². The fourth-order valence-corrected chi connectivity index (χ4v) is 4.72. The van der Waals surface area contributed by atoms with Gasteiger partial charge in [-0.15, -0.1) is 0 Å². The molecule has 0 bridgehead atoms. The summed E-state index contributed by atoms with van der Waals surface area (Å²) in [4.78, 5) is 28.5. The Kier molecular flexibility index (Phi) is 5.34. The smallest absolute Gasteiger partial charge is 0.257 e. The van der Waals surface area contributed by atoms with Crippen LogP contribution in [0.5, 0.6) is 0 Å². The number of pyridine rings is 3. The fourth-order valence-electron chi connectivity index (χ4n) is 4.72. The van der Waals surface area contributed by atoms with E-state index in [4.69, 9.17) is 5.73 Å². The zero-order chi connectivity index (χ0) is 23.1. The topological polar surface area (TPSA) is 91.1 Å². The van der Waals surface area contributed by atoms with Gasteiger partial charge in [0.05, 0.1) is 11.1 Å². The third-order valence-corrected chi connectivity index (χ3v) is 6.50. The second kappa shape index (κ2) is 8.33. The number of aromatic amines is 1. The van der Waals surface area contributed by atoms with Crippen LogP contribution in [0.1, 0.15) is 11.1 Å². The average Bonchev–Trinajstić information content (AvgIpc) is 2.80. The summed E-state index contributed by atoms with van der Waals surface area (Å²) < 4.78 is 0. The normalized spacial score (nSPS) is 14.7. The Morgan fingerprint density at radius 2 is 1.67 bits per heavy atom. The van der Waals surface area contributed by atoms with Crippen LogP contribution in [0.25, 0.3) is 33.2 Å². The molecule has 1 aromatic carbocycles. The molecule has 0 unspecified atom stereocenters. The number of nitrogens with two attached hydrogens (primary N) is 1. The first-order valence-corrected chi connectivity index (χ1v) is 11.2. The van der Waals surface area contributed by atoms with Crippen LogP contribution in [0.4, 0.5) is 11.5 Å².